The summed E-state index contributed by atoms with van der Waals surface area (Å²) in [5.41, 5.74) is 0.849. The molecule has 0 aliphatic heterocycles. The van der Waals surface area contributed by atoms with Gasteiger partial charge in [0, 0.05) is 12.6 Å². The van der Waals surface area contributed by atoms with Crippen molar-refractivity contribution < 1.29 is 17.6 Å². The van der Waals surface area contributed by atoms with Crippen LogP contribution in [0.25, 0.3) is 0 Å². The maximum absolute atomic E-state index is 12.9. The maximum atomic E-state index is 12.9. The van der Waals surface area contributed by atoms with Crippen molar-refractivity contribution in [3.8, 4) is 0 Å². The molecule has 0 aromatic heterocycles. The molecule has 0 radical (unpaired) electrons. The molecule has 0 amide bonds. The average molecular weight is 235 g/mol. The van der Waals surface area contributed by atoms with Crippen molar-refractivity contribution in [1.82, 2.24) is 5.43 Å². The summed E-state index contributed by atoms with van der Waals surface area (Å²) in [4.78, 5) is 3.62. The number of nitrogens with two attached hydrogens (primary N) is 1. The number of nitrogens with zero attached hydrogens (tertiary/aromatic N) is 1. The maximum Gasteiger partial charge on any atom is 0.419 e. The molecule has 3 N–H and O–H groups in total. The number of benzene rings is 1. The van der Waals surface area contributed by atoms with E-state index in [-0.39, 0.29) is 11.4 Å². The molecule has 0 atom stereocenters. The van der Waals surface area contributed by atoms with Gasteiger partial charge in [-0.2, -0.15) is 13.2 Å². The monoisotopic (exact) mass is 235 g/mol. The number of alkyl halides is 3. The van der Waals surface area contributed by atoms with Crippen LogP contribution in [0.1, 0.15) is 11.1 Å². The molecule has 0 saturated heterocycles. The van der Waals surface area contributed by atoms with Gasteiger partial charge >= 0.3 is 6.18 Å². The number of aliphatic imine (C=N–C) groups is 1. The summed E-state index contributed by atoms with van der Waals surface area (Å²) < 4.78 is 50.0. The van der Waals surface area contributed by atoms with Crippen LogP contribution in [0.2, 0.25) is 0 Å². The summed E-state index contributed by atoms with van der Waals surface area (Å²) in [7, 11) is 1.35. The van der Waals surface area contributed by atoms with E-state index in [4.69, 9.17) is 5.84 Å². The Kier molecular flexibility index (Phi) is 3.48. The van der Waals surface area contributed by atoms with Crippen LogP contribution < -0.4 is 11.3 Å². The summed E-state index contributed by atoms with van der Waals surface area (Å²) >= 11 is 0. The zero-order chi connectivity index (χ0) is 12.3. The lowest BCUT2D eigenvalue weighted by Gasteiger charge is -2.10. The molecular weight excluding hydrogens is 226 g/mol. The smallest absolute Gasteiger partial charge is 0.308 e. The van der Waals surface area contributed by atoms with Gasteiger partial charge in [0.25, 0.3) is 0 Å². The third-order valence-electron chi connectivity index (χ3n) is 1.91. The molecule has 0 saturated carbocycles. The van der Waals surface area contributed by atoms with E-state index in [9.17, 15) is 17.6 Å². The highest BCUT2D eigenvalue weighted by Gasteiger charge is 2.34. The van der Waals surface area contributed by atoms with Crippen molar-refractivity contribution >= 4 is 5.84 Å². The van der Waals surface area contributed by atoms with E-state index in [1.807, 2.05) is 0 Å². The second kappa shape index (κ2) is 4.48. The van der Waals surface area contributed by atoms with Crippen molar-refractivity contribution in [2.24, 2.45) is 10.8 Å². The van der Waals surface area contributed by atoms with E-state index >= 15 is 0 Å². The molecule has 0 unspecified atom stereocenters. The molecule has 7 heteroatoms. The quantitative estimate of drug-likeness (QED) is 0.256. The van der Waals surface area contributed by atoms with E-state index in [2.05, 4.69) is 10.4 Å². The van der Waals surface area contributed by atoms with Gasteiger partial charge in [-0.25, -0.2) is 10.2 Å². The van der Waals surface area contributed by atoms with Crippen molar-refractivity contribution in [2.75, 3.05) is 7.05 Å². The van der Waals surface area contributed by atoms with E-state index in [0.717, 1.165) is 12.1 Å². The minimum absolute atomic E-state index is 0.0468. The van der Waals surface area contributed by atoms with E-state index < -0.39 is 17.6 Å². The summed E-state index contributed by atoms with van der Waals surface area (Å²) in [5.74, 6) is 3.77. The molecule has 1 aromatic carbocycles. The minimum Gasteiger partial charge on any atom is -0.308 e. The van der Waals surface area contributed by atoms with Crippen LogP contribution >= 0.6 is 0 Å². The average Bonchev–Trinajstić information content (AvgIpc) is 2.20. The van der Waals surface area contributed by atoms with Gasteiger partial charge in [0.15, 0.2) is 0 Å². The molecular formula is C9H9F4N3. The van der Waals surface area contributed by atoms with Crippen LogP contribution in [0.4, 0.5) is 17.6 Å². The lowest BCUT2D eigenvalue weighted by atomic mass is 10.1. The van der Waals surface area contributed by atoms with Crippen molar-refractivity contribution in [3.05, 3.63) is 35.1 Å². The summed E-state index contributed by atoms with van der Waals surface area (Å²) in [5, 5.41) is 0. The number of hydrogen-bond acceptors (Lipinski definition) is 2. The molecule has 1 aromatic rings. The lowest BCUT2D eigenvalue weighted by molar-refractivity contribution is -0.140. The first-order chi connectivity index (χ1) is 7.40. The Morgan fingerprint density at radius 1 is 1.38 bits per heavy atom. The van der Waals surface area contributed by atoms with Crippen LogP contribution in [0.5, 0.6) is 0 Å². The number of halogens is 4. The van der Waals surface area contributed by atoms with Crippen LogP contribution in [-0.2, 0) is 6.18 Å². The molecule has 0 spiro atoms. The molecule has 16 heavy (non-hydrogen) atoms. The molecule has 0 heterocycles. The number of hydrogen-bond donors (Lipinski definition) is 2. The summed E-state index contributed by atoms with van der Waals surface area (Å²) in [6.45, 7) is 0. The third-order valence-corrected chi connectivity index (χ3v) is 1.91. The van der Waals surface area contributed by atoms with Gasteiger partial charge in [0.05, 0.1) is 5.56 Å². The van der Waals surface area contributed by atoms with Gasteiger partial charge in [-0.1, -0.05) is 0 Å². The van der Waals surface area contributed by atoms with E-state index in [1.165, 1.54) is 7.05 Å². The largest absolute Gasteiger partial charge is 0.419 e. The van der Waals surface area contributed by atoms with Gasteiger partial charge in [0.2, 0.25) is 0 Å². The number of hydrazine groups is 1. The first-order valence-corrected chi connectivity index (χ1v) is 4.20. The fourth-order valence-corrected chi connectivity index (χ4v) is 1.17. The Hall–Kier alpha value is -1.63. The second-order valence-electron chi connectivity index (χ2n) is 2.91. The Morgan fingerprint density at radius 3 is 2.44 bits per heavy atom. The van der Waals surface area contributed by atoms with Crippen molar-refractivity contribution in [1.29, 1.82) is 0 Å². The fourth-order valence-electron chi connectivity index (χ4n) is 1.17. The van der Waals surface area contributed by atoms with E-state index in [1.54, 1.807) is 0 Å². The molecule has 3 nitrogen and oxygen atoms in total. The Bertz CT molecular complexity index is 412. The third kappa shape index (κ3) is 2.48. The van der Waals surface area contributed by atoms with Crippen LogP contribution in [0, 0.1) is 5.82 Å². The van der Waals surface area contributed by atoms with Gasteiger partial charge < -0.3 is 5.43 Å². The highest BCUT2D eigenvalue weighted by Crippen LogP contribution is 2.31. The molecule has 88 valence electrons. The zero-order valence-corrected chi connectivity index (χ0v) is 8.27. The first kappa shape index (κ1) is 12.4. The molecule has 0 bridgehead atoms. The fraction of sp³-hybridized carbons (Fsp3) is 0.222. The number of nitrogens with one attached hydrogen (secondary N) is 1. The Balaban J connectivity index is 3.28. The second-order valence-corrected chi connectivity index (χ2v) is 2.91. The normalized spacial score (nSPS) is 12.8. The molecule has 0 aliphatic carbocycles. The molecule has 0 fully saturated rings. The van der Waals surface area contributed by atoms with Gasteiger partial charge in [-0.15, -0.1) is 0 Å². The number of amidine groups is 1. The topological polar surface area (TPSA) is 50.4 Å². The Labute approximate surface area is 88.9 Å². The first-order valence-electron chi connectivity index (χ1n) is 4.20. The van der Waals surface area contributed by atoms with Crippen molar-refractivity contribution in [2.45, 2.75) is 6.18 Å². The van der Waals surface area contributed by atoms with Crippen LogP contribution in [0.15, 0.2) is 23.2 Å². The summed E-state index contributed by atoms with van der Waals surface area (Å²) in [6.07, 6.45) is -4.74. The minimum atomic E-state index is -4.74. The molecule has 0 aliphatic rings. The lowest BCUT2D eigenvalue weighted by Crippen LogP contribution is -2.31. The Morgan fingerprint density at radius 2 is 2.00 bits per heavy atom. The predicted octanol–water partition coefficient (Wildman–Crippen LogP) is 1.68. The van der Waals surface area contributed by atoms with Gasteiger partial charge in [-0.05, 0) is 18.2 Å². The highest BCUT2D eigenvalue weighted by atomic mass is 19.4. The standard InChI is InChI=1S/C9H9F4N3/c1-15-8(16-14)5-2-3-7(10)6(4-5)9(11,12)13/h2-4H,14H2,1H3,(H,15,16). The van der Waals surface area contributed by atoms with Gasteiger partial charge in [-0.3, -0.25) is 4.99 Å². The highest BCUT2D eigenvalue weighted by molar-refractivity contribution is 5.98. The van der Waals surface area contributed by atoms with Gasteiger partial charge in [0.1, 0.15) is 11.7 Å². The van der Waals surface area contributed by atoms with Crippen LogP contribution in [-0.4, -0.2) is 12.9 Å². The predicted molar refractivity (Wildman–Crippen MR) is 51.2 cm³/mol. The number of rotatable bonds is 1. The van der Waals surface area contributed by atoms with Crippen LogP contribution in [0.3, 0.4) is 0 Å². The SMILES string of the molecule is CN=C(NN)c1ccc(F)c(C(F)(F)F)c1. The summed E-state index contributed by atoms with van der Waals surface area (Å²) in [6, 6.07) is 2.53. The van der Waals surface area contributed by atoms with E-state index in [0.29, 0.717) is 6.07 Å². The molecule has 1 rings (SSSR count). The zero-order valence-electron chi connectivity index (χ0n) is 8.27. The van der Waals surface area contributed by atoms with Crippen molar-refractivity contribution in [3.63, 3.8) is 0 Å².